The molecule has 1 saturated heterocycles. The van der Waals surface area contributed by atoms with Crippen molar-refractivity contribution in [2.45, 2.75) is 38.6 Å². The van der Waals surface area contributed by atoms with Gasteiger partial charge in [0.15, 0.2) is 0 Å². The third kappa shape index (κ3) is 3.77. The molecular weight excluding hydrogens is 164 g/mol. The maximum atomic E-state index is 10.2. The van der Waals surface area contributed by atoms with E-state index in [1.807, 2.05) is 0 Å². The molecule has 0 saturated carbocycles. The van der Waals surface area contributed by atoms with Crippen molar-refractivity contribution in [1.29, 1.82) is 0 Å². The van der Waals surface area contributed by atoms with Crippen LogP contribution in [0, 0.1) is 0 Å². The van der Waals surface area contributed by atoms with Gasteiger partial charge in [-0.25, -0.2) is 0 Å². The van der Waals surface area contributed by atoms with E-state index in [1.165, 1.54) is 19.4 Å². The summed E-state index contributed by atoms with van der Waals surface area (Å²) in [5.74, 6) is 0. The Hall–Kier alpha value is -0.570. The second-order valence-electron chi connectivity index (χ2n) is 3.75. The van der Waals surface area contributed by atoms with Crippen LogP contribution in [-0.2, 0) is 4.79 Å². The van der Waals surface area contributed by atoms with E-state index in [-0.39, 0.29) is 0 Å². The minimum Gasteiger partial charge on any atom is -0.356 e. The van der Waals surface area contributed by atoms with Gasteiger partial charge in [-0.15, -0.1) is 0 Å². The standard InChI is InChI=1S/C10H20N2O/c1-2-3-6-12-7-4-10(5-8-12)11-9-13/h9-10H,2-8H2,1H3,(H,11,13). The van der Waals surface area contributed by atoms with Gasteiger partial charge in [-0.3, -0.25) is 4.79 Å². The smallest absolute Gasteiger partial charge is 0.207 e. The van der Waals surface area contributed by atoms with Gasteiger partial charge < -0.3 is 10.2 Å². The van der Waals surface area contributed by atoms with Crippen LogP contribution in [0.1, 0.15) is 32.6 Å². The van der Waals surface area contributed by atoms with E-state index in [2.05, 4.69) is 17.1 Å². The molecule has 0 bridgehead atoms. The normalized spacial score (nSPS) is 20.1. The second kappa shape index (κ2) is 5.97. The first-order valence-corrected chi connectivity index (χ1v) is 5.29. The monoisotopic (exact) mass is 184 g/mol. The maximum Gasteiger partial charge on any atom is 0.207 e. The van der Waals surface area contributed by atoms with Crippen LogP contribution in [0.3, 0.4) is 0 Å². The summed E-state index contributed by atoms with van der Waals surface area (Å²) in [5.41, 5.74) is 0. The van der Waals surface area contributed by atoms with Gasteiger partial charge in [0, 0.05) is 19.1 Å². The molecule has 1 heterocycles. The van der Waals surface area contributed by atoms with Gasteiger partial charge in [0.25, 0.3) is 0 Å². The molecule has 1 fully saturated rings. The van der Waals surface area contributed by atoms with Gasteiger partial charge in [0.1, 0.15) is 0 Å². The number of piperidine rings is 1. The van der Waals surface area contributed by atoms with Crippen molar-refractivity contribution in [3.8, 4) is 0 Å². The SMILES string of the molecule is CCCCN1CCC(NC=O)CC1. The summed E-state index contributed by atoms with van der Waals surface area (Å²) in [6.45, 7) is 5.74. The van der Waals surface area contributed by atoms with Gasteiger partial charge >= 0.3 is 0 Å². The summed E-state index contributed by atoms with van der Waals surface area (Å²) in [7, 11) is 0. The van der Waals surface area contributed by atoms with Crippen molar-refractivity contribution in [3.63, 3.8) is 0 Å². The van der Waals surface area contributed by atoms with Gasteiger partial charge in [0.05, 0.1) is 0 Å². The maximum absolute atomic E-state index is 10.2. The zero-order chi connectivity index (χ0) is 9.52. The molecule has 1 rings (SSSR count). The Morgan fingerprint density at radius 3 is 2.69 bits per heavy atom. The van der Waals surface area contributed by atoms with E-state index < -0.39 is 0 Å². The number of hydrogen-bond acceptors (Lipinski definition) is 2. The Bertz CT molecular complexity index is 142. The average molecular weight is 184 g/mol. The van der Waals surface area contributed by atoms with E-state index in [9.17, 15) is 4.79 Å². The number of hydrogen-bond donors (Lipinski definition) is 1. The van der Waals surface area contributed by atoms with Crippen molar-refractivity contribution >= 4 is 6.41 Å². The topological polar surface area (TPSA) is 32.3 Å². The highest BCUT2D eigenvalue weighted by molar-refractivity contribution is 5.46. The van der Waals surface area contributed by atoms with E-state index in [0.717, 1.165) is 32.3 Å². The van der Waals surface area contributed by atoms with Crippen LogP contribution in [0.15, 0.2) is 0 Å². The highest BCUT2D eigenvalue weighted by atomic mass is 16.1. The van der Waals surface area contributed by atoms with Gasteiger partial charge in [-0.2, -0.15) is 0 Å². The van der Waals surface area contributed by atoms with Crippen molar-refractivity contribution in [2.24, 2.45) is 0 Å². The summed E-state index contributed by atoms with van der Waals surface area (Å²) < 4.78 is 0. The Morgan fingerprint density at radius 1 is 1.46 bits per heavy atom. The zero-order valence-electron chi connectivity index (χ0n) is 8.46. The first kappa shape index (κ1) is 10.5. The van der Waals surface area contributed by atoms with Crippen LogP contribution in [0.25, 0.3) is 0 Å². The molecule has 0 aromatic rings. The fourth-order valence-electron chi connectivity index (χ4n) is 1.80. The molecule has 13 heavy (non-hydrogen) atoms. The quantitative estimate of drug-likeness (QED) is 0.646. The molecule has 3 nitrogen and oxygen atoms in total. The third-order valence-corrected chi connectivity index (χ3v) is 2.72. The molecule has 0 radical (unpaired) electrons. The number of nitrogens with zero attached hydrogens (tertiary/aromatic N) is 1. The molecule has 1 amide bonds. The lowest BCUT2D eigenvalue weighted by Gasteiger charge is -2.31. The summed E-state index contributed by atoms with van der Waals surface area (Å²) >= 11 is 0. The number of nitrogens with one attached hydrogen (secondary N) is 1. The third-order valence-electron chi connectivity index (χ3n) is 2.72. The van der Waals surface area contributed by atoms with Crippen LogP contribution >= 0.6 is 0 Å². The van der Waals surface area contributed by atoms with Crippen LogP contribution in [-0.4, -0.2) is 37.0 Å². The number of carbonyl (C=O) groups is 1. The Kier molecular flexibility index (Phi) is 4.83. The molecule has 0 aromatic carbocycles. The van der Waals surface area contributed by atoms with Crippen molar-refractivity contribution < 1.29 is 4.79 Å². The molecule has 0 unspecified atom stereocenters. The minimum atomic E-state index is 0.426. The predicted molar refractivity (Wildman–Crippen MR) is 53.6 cm³/mol. The molecule has 76 valence electrons. The van der Waals surface area contributed by atoms with Gasteiger partial charge in [-0.1, -0.05) is 13.3 Å². The Labute approximate surface area is 80.5 Å². The Balaban J connectivity index is 2.11. The van der Waals surface area contributed by atoms with Crippen molar-refractivity contribution in [3.05, 3.63) is 0 Å². The Morgan fingerprint density at radius 2 is 2.15 bits per heavy atom. The number of amides is 1. The molecule has 1 N–H and O–H groups in total. The number of carbonyl (C=O) groups excluding carboxylic acids is 1. The zero-order valence-corrected chi connectivity index (χ0v) is 8.46. The molecule has 0 spiro atoms. The van der Waals surface area contributed by atoms with Crippen LogP contribution in [0.4, 0.5) is 0 Å². The van der Waals surface area contributed by atoms with Crippen LogP contribution < -0.4 is 5.32 Å². The van der Waals surface area contributed by atoms with Crippen molar-refractivity contribution in [2.75, 3.05) is 19.6 Å². The number of likely N-dealkylation sites (tertiary alicyclic amines) is 1. The average Bonchev–Trinajstić information content (AvgIpc) is 2.17. The van der Waals surface area contributed by atoms with E-state index in [4.69, 9.17) is 0 Å². The molecule has 0 atom stereocenters. The van der Waals surface area contributed by atoms with E-state index in [1.54, 1.807) is 0 Å². The van der Waals surface area contributed by atoms with Crippen LogP contribution in [0.5, 0.6) is 0 Å². The number of rotatable bonds is 5. The first-order valence-electron chi connectivity index (χ1n) is 5.29. The van der Waals surface area contributed by atoms with E-state index in [0.29, 0.717) is 6.04 Å². The van der Waals surface area contributed by atoms with Gasteiger partial charge in [0.2, 0.25) is 6.41 Å². The highest BCUT2D eigenvalue weighted by Gasteiger charge is 2.17. The second-order valence-corrected chi connectivity index (χ2v) is 3.75. The fourth-order valence-corrected chi connectivity index (χ4v) is 1.80. The highest BCUT2D eigenvalue weighted by Crippen LogP contribution is 2.10. The summed E-state index contributed by atoms with van der Waals surface area (Å²) in [4.78, 5) is 12.7. The molecule has 0 aromatic heterocycles. The van der Waals surface area contributed by atoms with Crippen LogP contribution in [0.2, 0.25) is 0 Å². The molecule has 1 aliphatic rings. The summed E-state index contributed by atoms with van der Waals surface area (Å²) in [6.07, 6.45) is 5.62. The molecule has 3 heteroatoms. The molecule has 0 aliphatic carbocycles. The lowest BCUT2D eigenvalue weighted by molar-refractivity contribution is -0.110. The first-order chi connectivity index (χ1) is 6.36. The summed E-state index contributed by atoms with van der Waals surface area (Å²) in [5, 5.41) is 2.85. The largest absolute Gasteiger partial charge is 0.356 e. The predicted octanol–water partition coefficient (Wildman–Crippen LogP) is 0.997. The fraction of sp³-hybridized carbons (Fsp3) is 0.900. The lowest BCUT2D eigenvalue weighted by atomic mass is 10.1. The molecule has 1 aliphatic heterocycles. The summed E-state index contributed by atoms with van der Waals surface area (Å²) in [6, 6.07) is 0.426. The molecular formula is C10H20N2O. The minimum absolute atomic E-state index is 0.426. The number of unbranched alkanes of at least 4 members (excludes halogenated alkanes) is 1. The van der Waals surface area contributed by atoms with Crippen molar-refractivity contribution in [1.82, 2.24) is 10.2 Å². The van der Waals surface area contributed by atoms with E-state index >= 15 is 0 Å². The van der Waals surface area contributed by atoms with Gasteiger partial charge in [-0.05, 0) is 25.8 Å². The lowest BCUT2D eigenvalue weighted by Crippen LogP contribution is -2.42.